The largest absolute Gasteiger partial charge is 0.497 e. The first-order valence-corrected chi connectivity index (χ1v) is 10.7. The minimum atomic E-state index is -0.512. The van der Waals surface area contributed by atoms with Gasteiger partial charge in [-0.15, -0.1) is 0 Å². The van der Waals surface area contributed by atoms with Crippen LogP contribution < -0.4 is 9.64 Å². The number of ether oxygens (including phenoxy) is 1. The van der Waals surface area contributed by atoms with Crippen molar-refractivity contribution in [2.75, 3.05) is 12.0 Å². The number of nitro groups is 1. The number of methoxy groups -OCH3 is 1. The smallest absolute Gasteiger partial charge is 0.270 e. The van der Waals surface area contributed by atoms with Gasteiger partial charge in [-0.3, -0.25) is 19.8 Å². The van der Waals surface area contributed by atoms with E-state index < -0.39 is 4.92 Å². The zero-order chi connectivity index (χ0) is 23.7. The van der Waals surface area contributed by atoms with Crippen LogP contribution in [0.2, 0.25) is 0 Å². The summed E-state index contributed by atoms with van der Waals surface area (Å²) in [6.07, 6.45) is 1.97. The summed E-state index contributed by atoms with van der Waals surface area (Å²) in [5, 5.41) is 15.7. The molecular formula is C25H21N5O4. The molecule has 9 nitrogen and oxygen atoms in total. The Morgan fingerprint density at radius 2 is 1.74 bits per heavy atom. The van der Waals surface area contributed by atoms with Gasteiger partial charge in [-0.25, -0.2) is 4.68 Å². The van der Waals surface area contributed by atoms with Crippen molar-refractivity contribution < 1.29 is 14.5 Å². The zero-order valence-electron chi connectivity index (χ0n) is 18.3. The summed E-state index contributed by atoms with van der Waals surface area (Å²) in [5.41, 5.74) is 2.01. The van der Waals surface area contributed by atoms with Crippen molar-refractivity contribution >= 4 is 17.5 Å². The molecule has 4 aromatic rings. The first kappa shape index (κ1) is 21.3. The number of anilines is 1. The van der Waals surface area contributed by atoms with E-state index in [1.165, 1.54) is 24.5 Å². The number of benzene rings is 3. The number of carbonyl (C=O) groups excluding carboxylic acids is 1. The summed E-state index contributed by atoms with van der Waals surface area (Å²) in [4.78, 5) is 30.6. The third-order valence-corrected chi connectivity index (χ3v) is 6.03. The molecule has 5 rings (SSSR count). The van der Waals surface area contributed by atoms with Gasteiger partial charge in [-0.05, 0) is 35.7 Å². The van der Waals surface area contributed by atoms with Crippen molar-refractivity contribution in [3.8, 4) is 5.75 Å². The molecule has 170 valence electrons. The van der Waals surface area contributed by atoms with Crippen LogP contribution in [0, 0.1) is 10.1 Å². The molecule has 9 heteroatoms. The van der Waals surface area contributed by atoms with Crippen LogP contribution in [0.25, 0.3) is 0 Å². The number of hydrogen-bond acceptors (Lipinski definition) is 6. The molecule has 0 aliphatic carbocycles. The van der Waals surface area contributed by atoms with E-state index >= 15 is 0 Å². The number of carbonyl (C=O) groups is 1. The summed E-state index contributed by atoms with van der Waals surface area (Å²) in [5.74, 6) is 0.710. The molecular weight excluding hydrogens is 434 g/mol. The van der Waals surface area contributed by atoms with Crippen LogP contribution >= 0.6 is 0 Å². The molecule has 0 bridgehead atoms. The fraction of sp³-hybridized carbons (Fsp3) is 0.160. The maximum absolute atomic E-state index is 13.8. The van der Waals surface area contributed by atoms with E-state index in [4.69, 9.17) is 4.74 Å². The lowest BCUT2D eigenvalue weighted by Crippen LogP contribution is -2.42. The Labute approximate surface area is 195 Å². The Bertz CT molecular complexity index is 1340. The lowest BCUT2D eigenvalue weighted by atomic mass is 9.91. The highest BCUT2D eigenvalue weighted by Crippen LogP contribution is 2.42. The highest BCUT2D eigenvalue weighted by atomic mass is 16.6. The highest BCUT2D eigenvalue weighted by molar-refractivity contribution is 6.06. The van der Waals surface area contributed by atoms with Gasteiger partial charge in [0, 0.05) is 17.7 Å². The summed E-state index contributed by atoms with van der Waals surface area (Å²) in [6, 6.07) is 22.7. The number of fused-ring (bicyclic) bond motifs is 1. The van der Waals surface area contributed by atoms with Crippen LogP contribution in [0.4, 0.5) is 11.6 Å². The highest BCUT2D eigenvalue weighted by Gasteiger charge is 2.40. The minimum Gasteiger partial charge on any atom is -0.497 e. The minimum absolute atomic E-state index is 0.139. The van der Waals surface area contributed by atoms with E-state index in [-0.39, 0.29) is 29.2 Å². The van der Waals surface area contributed by atoms with E-state index in [0.717, 1.165) is 11.1 Å². The number of hydrogen-bond donors (Lipinski definition) is 0. The standard InChI is InChI=1S/C25H21N5O4/c1-34-21-12-10-18(11-13-21)22-15-23(17-6-3-2-4-7-17)29-25(26-16-27-29)28(22)24(31)19-8-5-9-20(14-19)30(32)33/h2-14,16,22-23H,15H2,1H3/t22-,23+/m1/s1. The molecule has 2 heterocycles. The average Bonchev–Trinajstić information content (AvgIpc) is 3.38. The zero-order valence-corrected chi connectivity index (χ0v) is 18.3. The van der Waals surface area contributed by atoms with Crippen LogP contribution in [0.15, 0.2) is 85.2 Å². The molecule has 1 aliphatic rings. The second-order valence-electron chi connectivity index (χ2n) is 7.94. The van der Waals surface area contributed by atoms with Crippen LogP contribution in [0.1, 0.15) is 40.0 Å². The molecule has 0 spiro atoms. The van der Waals surface area contributed by atoms with Gasteiger partial charge in [0.05, 0.1) is 24.1 Å². The second kappa shape index (κ2) is 8.78. The molecule has 1 aromatic heterocycles. The lowest BCUT2D eigenvalue weighted by molar-refractivity contribution is -0.384. The lowest BCUT2D eigenvalue weighted by Gasteiger charge is -2.39. The predicted molar refractivity (Wildman–Crippen MR) is 125 cm³/mol. The van der Waals surface area contributed by atoms with Crippen LogP contribution in [-0.4, -0.2) is 32.7 Å². The Hall–Kier alpha value is -4.53. The summed E-state index contributed by atoms with van der Waals surface area (Å²) in [6.45, 7) is 0. The predicted octanol–water partition coefficient (Wildman–Crippen LogP) is 4.58. The maximum atomic E-state index is 13.8. The van der Waals surface area contributed by atoms with Crippen molar-refractivity contribution in [2.24, 2.45) is 0 Å². The quantitative estimate of drug-likeness (QED) is 0.322. The van der Waals surface area contributed by atoms with Crippen molar-refractivity contribution in [1.82, 2.24) is 14.8 Å². The van der Waals surface area contributed by atoms with Gasteiger partial charge in [-0.1, -0.05) is 48.5 Å². The molecule has 0 saturated heterocycles. The number of amides is 1. The van der Waals surface area contributed by atoms with E-state index in [2.05, 4.69) is 10.1 Å². The van der Waals surface area contributed by atoms with Gasteiger partial charge in [0.2, 0.25) is 5.95 Å². The van der Waals surface area contributed by atoms with E-state index in [1.54, 1.807) is 22.8 Å². The molecule has 0 radical (unpaired) electrons. The number of nitrogens with zero attached hydrogens (tertiary/aromatic N) is 5. The van der Waals surface area contributed by atoms with E-state index in [0.29, 0.717) is 18.1 Å². The van der Waals surface area contributed by atoms with Crippen LogP contribution in [-0.2, 0) is 0 Å². The van der Waals surface area contributed by atoms with Gasteiger partial charge in [0.25, 0.3) is 11.6 Å². The molecule has 2 atom stereocenters. The Morgan fingerprint density at radius 1 is 1.00 bits per heavy atom. The topological polar surface area (TPSA) is 103 Å². The molecule has 3 aromatic carbocycles. The molecule has 0 unspecified atom stereocenters. The van der Waals surface area contributed by atoms with E-state index in [9.17, 15) is 14.9 Å². The van der Waals surface area contributed by atoms with Gasteiger partial charge in [0.1, 0.15) is 12.1 Å². The van der Waals surface area contributed by atoms with Gasteiger partial charge in [-0.2, -0.15) is 10.1 Å². The van der Waals surface area contributed by atoms with Crippen LogP contribution in [0.3, 0.4) is 0 Å². The fourth-order valence-electron chi connectivity index (χ4n) is 4.38. The van der Waals surface area contributed by atoms with Gasteiger partial charge >= 0.3 is 0 Å². The molecule has 0 fully saturated rings. The fourth-order valence-corrected chi connectivity index (χ4v) is 4.38. The van der Waals surface area contributed by atoms with Gasteiger partial charge < -0.3 is 4.74 Å². The number of aromatic nitrogens is 3. The third-order valence-electron chi connectivity index (χ3n) is 6.03. The SMILES string of the molecule is COc1ccc([C@H]2C[C@@H](c3ccccc3)n3ncnc3N2C(=O)c2cccc([N+](=O)[O-])c2)cc1. The summed E-state index contributed by atoms with van der Waals surface area (Å²) < 4.78 is 7.04. The molecule has 34 heavy (non-hydrogen) atoms. The molecule has 1 amide bonds. The number of rotatable bonds is 5. The first-order valence-electron chi connectivity index (χ1n) is 10.7. The molecule has 0 saturated carbocycles. The molecule has 0 N–H and O–H groups in total. The Morgan fingerprint density at radius 3 is 2.44 bits per heavy atom. The summed E-state index contributed by atoms with van der Waals surface area (Å²) >= 11 is 0. The van der Waals surface area contributed by atoms with Gasteiger partial charge in [0.15, 0.2) is 0 Å². The van der Waals surface area contributed by atoms with Crippen molar-refractivity contribution in [3.63, 3.8) is 0 Å². The Balaban J connectivity index is 1.64. The second-order valence-corrected chi connectivity index (χ2v) is 7.94. The Kier molecular flexibility index (Phi) is 5.51. The normalized spacial score (nSPS) is 17.1. The third kappa shape index (κ3) is 3.77. The number of non-ortho nitro benzene ring substituents is 1. The van der Waals surface area contributed by atoms with E-state index in [1.807, 2.05) is 54.6 Å². The monoisotopic (exact) mass is 455 g/mol. The first-order chi connectivity index (χ1) is 16.6. The number of nitro benzene ring substituents is 1. The van der Waals surface area contributed by atoms with Crippen molar-refractivity contribution in [2.45, 2.75) is 18.5 Å². The van der Waals surface area contributed by atoms with Crippen molar-refractivity contribution in [3.05, 3.63) is 112 Å². The summed E-state index contributed by atoms with van der Waals surface area (Å²) in [7, 11) is 1.60. The maximum Gasteiger partial charge on any atom is 0.270 e. The van der Waals surface area contributed by atoms with Crippen LogP contribution in [0.5, 0.6) is 5.75 Å². The average molecular weight is 455 g/mol. The molecule has 1 aliphatic heterocycles. The van der Waals surface area contributed by atoms with Crippen molar-refractivity contribution in [1.29, 1.82) is 0 Å².